The molecule has 1 unspecified atom stereocenters. The number of benzene rings is 2. The molecule has 0 radical (unpaired) electrons. The summed E-state index contributed by atoms with van der Waals surface area (Å²) in [5.41, 5.74) is 2.69. The molecule has 11 heteroatoms. The Hall–Kier alpha value is -3.64. The van der Waals surface area contributed by atoms with Gasteiger partial charge in [0.2, 0.25) is 11.8 Å². The zero-order chi connectivity index (χ0) is 31.3. The molecule has 44 heavy (non-hydrogen) atoms. The number of esters is 2. The summed E-state index contributed by atoms with van der Waals surface area (Å²) in [7, 11) is 0. The summed E-state index contributed by atoms with van der Waals surface area (Å²) in [4.78, 5) is 56.2. The number of carbonyl (C=O) groups excluding carboxylic acids is 4. The second-order valence-corrected chi connectivity index (χ2v) is 12.6. The Morgan fingerprint density at radius 3 is 2.50 bits per heavy atom. The van der Waals surface area contributed by atoms with Crippen molar-refractivity contribution in [2.24, 2.45) is 0 Å². The van der Waals surface area contributed by atoms with Crippen molar-refractivity contribution < 1.29 is 33.4 Å². The molecule has 1 N–H and O–H groups in total. The van der Waals surface area contributed by atoms with Gasteiger partial charge in [-0.25, -0.2) is 4.79 Å². The first-order chi connectivity index (χ1) is 21.0. The maximum Gasteiger partial charge on any atom is 0.343 e. The largest absolute Gasteiger partial charge is 0.459 e. The summed E-state index contributed by atoms with van der Waals surface area (Å²) < 4.78 is 16.9. The van der Waals surface area contributed by atoms with Gasteiger partial charge < -0.3 is 14.2 Å². The smallest absolute Gasteiger partial charge is 0.343 e. The molecule has 0 spiro atoms. The number of carbonyl (C=O) groups is 4. The Morgan fingerprint density at radius 1 is 1.05 bits per heavy atom. The van der Waals surface area contributed by atoms with Crippen molar-refractivity contribution in [3.8, 4) is 5.75 Å². The van der Waals surface area contributed by atoms with Crippen LogP contribution < -0.4 is 10.1 Å². The van der Waals surface area contributed by atoms with Crippen LogP contribution in [0.5, 0.6) is 5.75 Å². The average molecular weight is 607 g/mol. The summed E-state index contributed by atoms with van der Waals surface area (Å²) in [5, 5.41) is 2.42. The highest BCUT2D eigenvalue weighted by molar-refractivity contribution is 6.00. The predicted octanol–water partition coefficient (Wildman–Crippen LogP) is 2.50. The van der Waals surface area contributed by atoms with E-state index in [1.165, 1.54) is 0 Å². The number of nitrogens with zero attached hydrogens (tertiary/aromatic N) is 3. The average Bonchev–Trinajstić information content (AvgIpc) is 3.41. The first kappa shape index (κ1) is 31.8. The minimum Gasteiger partial charge on any atom is -0.459 e. The van der Waals surface area contributed by atoms with Crippen molar-refractivity contribution in [1.82, 2.24) is 20.0 Å². The fourth-order valence-electron chi connectivity index (χ4n) is 5.80. The highest BCUT2D eigenvalue weighted by Crippen LogP contribution is 2.34. The van der Waals surface area contributed by atoms with Crippen LogP contribution in [0.1, 0.15) is 60.7 Å². The van der Waals surface area contributed by atoms with Gasteiger partial charge in [-0.05, 0) is 56.5 Å². The van der Waals surface area contributed by atoms with Gasteiger partial charge in [0.25, 0.3) is 0 Å². The second-order valence-electron chi connectivity index (χ2n) is 12.6. The minimum atomic E-state index is -0.558. The Labute approximate surface area is 258 Å². The highest BCUT2D eigenvalue weighted by Gasteiger charge is 2.36. The van der Waals surface area contributed by atoms with Crippen LogP contribution in [0.2, 0.25) is 0 Å². The number of nitrogens with one attached hydrogen (secondary N) is 1. The third-order valence-corrected chi connectivity index (χ3v) is 8.02. The van der Waals surface area contributed by atoms with E-state index in [0.717, 1.165) is 36.3 Å². The van der Waals surface area contributed by atoms with Crippen LogP contribution in [0.3, 0.4) is 0 Å². The molecule has 2 saturated heterocycles. The predicted molar refractivity (Wildman–Crippen MR) is 162 cm³/mol. The van der Waals surface area contributed by atoms with Crippen LogP contribution in [0.25, 0.3) is 0 Å². The van der Waals surface area contributed by atoms with Gasteiger partial charge in [0.1, 0.15) is 11.4 Å². The maximum absolute atomic E-state index is 13.1. The fourth-order valence-corrected chi connectivity index (χ4v) is 5.80. The van der Waals surface area contributed by atoms with Gasteiger partial charge in [-0.2, -0.15) is 0 Å². The molecule has 3 aliphatic heterocycles. The fraction of sp³-hybridized carbons (Fsp3) is 0.515. The summed E-state index contributed by atoms with van der Waals surface area (Å²) in [6.07, 6.45) is 0.788. The van der Waals surface area contributed by atoms with Crippen molar-refractivity contribution in [1.29, 1.82) is 0 Å². The van der Waals surface area contributed by atoms with E-state index in [4.69, 9.17) is 14.2 Å². The molecule has 236 valence electrons. The van der Waals surface area contributed by atoms with Gasteiger partial charge in [0, 0.05) is 57.8 Å². The SMILES string of the molecule is CC(C)(C)OC(=O)CN(CCN1CCOCC1)Cc1ccc(C(=O)Oc2cccc3c2CN(C2CCC(=O)NC2=O)C3)cc1. The number of piperidine rings is 1. The third-order valence-electron chi connectivity index (χ3n) is 8.02. The van der Waals surface area contributed by atoms with Crippen molar-refractivity contribution in [3.63, 3.8) is 0 Å². The molecule has 11 nitrogen and oxygen atoms in total. The van der Waals surface area contributed by atoms with E-state index in [9.17, 15) is 19.2 Å². The van der Waals surface area contributed by atoms with E-state index in [2.05, 4.69) is 15.1 Å². The van der Waals surface area contributed by atoms with Gasteiger partial charge in [0.15, 0.2) is 0 Å². The molecule has 2 aromatic carbocycles. The second kappa shape index (κ2) is 14.0. The summed E-state index contributed by atoms with van der Waals surface area (Å²) in [6.45, 7) is 12.0. The quantitative estimate of drug-likeness (QED) is 0.246. The molecule has 2 aromatic rings. The summed E-state index contributed by atoms with van der Waals surface area (Å²) in [6, 6.07) is 12.4. The van der Waals surface area contributed by atoms with E-state index in [0.29, 0.717) is 63.5 Å². The van der Waals surface area contributed by atoms with Crippen LogP contribution in [0.15, 0.2) is 42.5 Å². The molecule has 3 heterocycles. The van der Waals surface area contributed by atoms with Gasteiger partial charge >= 0.3 is 11.9 Å². The summed E-state index contributed by atoms with van der Waals surface area (Å²) >= 11 is 0. The molecule has 0 aliphatic carbocycles. The molecule has 0 saturated carbocycles. The molecule has 0 aromatic heterocycles. The lowest BCUT2D eigenvalue weighted by Gasteiger charge is -2.30. The van der Waals surface area contributed by atoms with Crippen molar-refractivity contribution in [2.45, 2.75) is 64.9 Å². The number of amides is 2. The van der Waals surface area contributed by atoms with Crippen molar-refractivity contribution in [2.75, 3.05) is 45.9 Å². The number of hydrogen-bond acceptors (Lipinski definition) is 10. The van der Waals surface area contributed by atoms with E-state index in [1.807, 2.05) is 49.9 Å². The number of fused-ring (bicyclic) bond motifs is 1. The lowest BCUT2D eigenvalue weighted by atomic mass is 10.0. The topological polar surface area (TPSA) is 118 Å². The van der Waals surface area contributed by atoms with E-state index in [1.54, 1.807) is 18.2 Å². The lowest BCUT2D eigenvalue weighted by molar-refractivity contribution is -0.156. The van der Waals surface area contributed by atoms with E-state index in [-0.39, 0.29) is 30.4 Å². The van der Waals surface area contributed by atoms with Crippen LogP contribution in [0.4, 0.5) is 0 Å². The molecular formula is C33H42N4O7. The first-order valence-corrected chi connectivity index (χ1v) is 15.3. The maximum atomic E-state index is 13.1. The van der Waals surface area contributed by atoms with Crippen LogP contribution in [-0.2, 0) is 43.5 Å². The lowest BCUT2D eigenvalue weighted by Crippen LogP contribution is -2.50. The highest BCUT2D eigenvalue weighted by atomic mass is 16.6. The first-order valence-electron chi connectivity index (χ1n) is 15.3. The van der Waals surface area contributed by atoms with Crippen LogP contribution in [0, 0.1) is 0 Å². The summed E-state index contributed by atoms with van der Waals surface area (Å²) in [5.74, 6) is -0.794. The third kappa shape index (κ3) is 8.50. The molecular weight excluding hydrogens is 564 g/mol. The Kier molecular flexibility index (Phi) is 10.1. The number of ether oxygens (including phenoxy) is 3. The molecule has 1 atom stereocenters. The Morgan fingerprint density at radius 2 is 1.80 bits per heavy atom. The molecule has 5 rings (SSSR count). The van der Waals surface area contributed by atoms with Crippen molar-refractivity contribution in [3.05, 3.63) is 64.7 Å². The number of hydrogen-bond donors (Lipinski definition) is 1. The van der Waals surface area contributed by atoms with Gasteiger partial charge in [-0.1, -0.05) is 24.3 Å². The number of imide groups is 1. The Balaban J connectivity index is 1.20. The number of rotatable bonds is 10. The zero-order valence-corrected chi connectivity index (χ0v) is 25.8. The Bertz CT molecular complexity index is 1370. The van der Waals surface area contributed by atoms with Gasteiger partial charge in [-0.15, -0.1) is 0 Å². The van der Waals surface area contributed by atoms with Crippen LogP contribution >= 0.6 is 0 Å². The number of morpholine rings is 1. The standard InChI is InChI=1S/C33H42N4O7/c1-33(2,3)44-30(39)22-36(14-13-35-15-17-42-18-16-35)19-23-7-9-24(10-8-23)32(41)43-28-6-4-5-25-20-37(21-26(25)28)27-11-12-29(38)34-31(27)40/h4-10,27H,11-22H2,1-3H3,(H,34,38,40). The minimum absolute atomic E-state index is 0.167. The van der Waals surface area contributed by atoms with Gasteiger partial charge in [0.05, 0.1) is 31.4 Å². The molecule has 0 bridgehead atoms. The molecule has 2 amide bonds. The van der Waals surface area contributed by atoms with E-state index >= 15 is 0 Å². The molecule has 3 aliphatic rings. The van der Waals surface area contributed by atoms with E-state index < -0.39 is 11.6 Å². The van der Waals surface area contributed by atoms with Gasteiger partial charge in [-0.3, -0.25) is 34.4 Å². The van der Waals surface area contributed by atoms with Crippen molar-refractivity contribution >= 4 is 23.8 Å². The van der Waals surface area contributed by atoms with Crippen LogP contribution in [-0.4, -0.2) is 96.0 Å². The normalized spacial score (nSPS) is 19.5. The molecule has 2 fully saturated rings. The monoisotopic (exact) mass is 606 g/mol. The zero-order valence-electron chi connectivity index (χ0n) is 25.8.